The summed E-state index contributed by atoms with van der Waals surface area (Å²) in [5.41, 5.74) is 0. The van der Waals surface area contributed by atoms with Gasteiger partial charge in [0.25, 0.3) is 15.2 Å². The minimum absolute atomic E-state index is 0.179. The summed E-state index contributed by atoms with van der Waals surface area (Å²) in [4.78, 5) is 1.88. The second-order valence-electron chi connectivity index (χ2n) is 3.43. The van der Waals surface area contributed by atoms with E-state index in [4.69, 9.17) is 5.14 Å². The Balaban J connectivity index is 3.18. The lowest BCUT2D eigenvalue weighted by molar-refractivity contribution is 0.378. The molecule has 0 fully saturated rings. The third-order valence-corrected chi connectivity index (χ3v) is 2.63. The van der Waals surface area contributed by atoms with Gasteiger partial charge in [-0.15, -0.1) is 10.2 Å². The molecule has 0 radical (unpaired) electrons. The fraction of sp³-hybridized carbons (Fsp3) is 0.714. The van der Waals surface area contributed by atoms with Gasteiger partial charge in [0.2, 0.25) is 0 Å². The molecule has 1 rings (SSSR count). The smallest absolute Gasteiger partial charge is 0.273 e. The highest BCUT2D eigenvalue weighted by atomic mass is 32.2. The fourth-order valence-corrected chi connectivity index (χ4v) is 1.94. The minimum atomic E-state index is -3.79. The first-order valence-electron chi connectivity index (χ1n) is 4.46. The van der Waals surface area contributed by atoms with Crippen molar-refractivity contribution in [3.8, 4) is 0 Å². The number of hydrogen-bond donors (Lipinski definition) is 1. The molecule has 15 heavy (non-hydrogen) atoms. The van der Waals surface area contributed by atoms with Crippen molar-refractivity contribution in [1.82, 2.24) is 19.7 Å². The molecular weight excluding hydrogens is 218 g/mol. The summed E-state index contributed by atoms with van der Waals surface area (Å²) in [6.45, 7) is 2.81. The van der Waals surface area contributed by atoms with Gasteiger partial charge in [0.05, 0.1) is 6.54 Å². The maximum atomic E-state index is 11.2. The zero-order valence-electron chi connectivity index (χ0n) is 9.01. The van der Waals surface area contributed by atoms with Crippen molar-refractivity contribution in [3.63, 3.8) is 0 Å². The molecule has 1 aromatic heterocycles. The van der Waals surface area contributed by atoms with Gasteiger partial charge in [0, 0.05) is 6.54 Å². The Morgan fingerprint density at radius 1 is 1.40 bits per heavy atom. The minimum Gasteiger partial charge on any atom is -0.302 e. The fourth-order valence-electron chi connectivity index (χ4n) is 1.25. The van der Waals surface area contributed by atoms with Crippen LogP contribution in [0.3, 0.4) is 0 Å². The van der Waals surface area contributed by atoms with Crippen LogP contribution in [-0.4, -0.2) is 42.2 Å². The molecule has 0 atom stereocenters. The largest absolute Gasteiger partial charge is 0.302 e. The average molecular weight is 233 g/mol. The van der Waals surface area contributed by atoms with Gasteiger partial charge in [-0.25, -0.2) is 13.6 Å². The highest BCUT2D eigenvalue weighted by molar-refractivity contribution is 7.89. The van der Waals surface area contributed by atoms with Gasteiger partial charge < -0.3 is 4.90 Å². The van der Waals surface area contributed by atoms with Crippen LogP contribution in [0, 0.1) is 0 Å². The molecule has 0 aliphatic heterocycles. The molecule has 86 valence electrons. The summed E-state index contributed by atoms with van der Waals surface area (Å²) in [7, 11) is -0.0570. The second kappa shape index (κ2) is 4.25. The zero-order chi connectivity index (χ0) is 11.6. The third-order valence-electron chi connectivity index (χ3n) is 1.82. The quantitative estimate of drug-likeness (QED) is 0.720. The molecule has 0 aromatic carbocycles. The van der Waals surface area contributed by atoms with E-state index in [-0.39, 0.29) is 5.16 Å². The van der Waals surface area contributed by atoms with Crippen molar-refractivity contribution >= 4 is 10.0 Å². The first-order chi connectivity index (χ1) is 6.86. The van der Waals surface area contributed by atoms with Gasteiger partial charge in [-0.05, 0) is 21.0 Å². The van der Waals surface area contributed by atoms with E-state index in [9.17, 15) is 8.42 Å². The summed E-state index contributed by atoms with van der Waals surface area (Å²) in [5, 5.41) is 12.2. The van der Waals surface area contributed by atoms with E-state index in [0.717, 1.165) is 0 Å². The van der Waals surface area contributed by atoms with Crippen molar-refractivity contribution < 1.29 is 8.42 Å². The Bertz CT molecular complexity index is 436. The summed E-state index contributed by atoms with van der Waals surface area (Å²) >= 11 is 0. The van der Waals surface area contributed by atoms with Gasteiger partial charge in [-0.2, -0.15) is 0 Å². The Kier molecular flexibility index (Phi) is 3.42. The van der Waals surface area contributed by atoms with Crippen LogP contribution in [0.1, 0.15) is 12.7 Å². The van der Waals surface area contributed by atoms with E-state index < -0.39 is 10.0 Å². The molecule has 0 saturated carbocycles. The molecule has 0 saturated heterocycles. The van der Waals surface area contributed by atoms with Crippen molar-refractivity contribution in [2.24, 2.45) is 5.14 Å². The third kappa shape index (κ3) is 2.74. The Morgan fingerprint density at radius 2 is 2.00 bits per heavy atom. The Hall–Kier alpha value is -0.990. The molecule has 8 heteroatoms. The summed E-state index contributed by atoms with van der Waals surface area (Å²) < 4.78 is 23.8. The SMILES string of the molecule is CCn1c(CN(C)C)nnc1S(N)(=O)=O. The molecule has 0 amide bonds. The molecule has 0 bridgehead atoms. The van der Waals surface area contributed by atoms with E-state index >= 15 is 0 Å². The van der Waals surface area contributed by atoms with Gasteiger partial charge in [-0.3, -0.25) is 4.57 Å². The highest BCUT2D eigenvalue weighted by Crippen LogP contribution is 2.07. The van der Waals surface area contributed by atoms with Gasteiger partial charge in [-0.1, -0.05) is 0 Å². The molecule has 0 aliphatic rings. The number of hydrogen-bond acceptors (Lipinski definition) is 5. The van der Waals surface area contributed by atoms with Crippen LogP contribution >= 0.6 is 0 Å². The van der Waals surface area contributed by atoms with E-state index in [0.29, 0.717) is 18.9 Å². The van der Waals surface area contributed by atoms with Gasteiger partial charge in [0.15, 0.2) is 0 Å². The molecule has 0 aliphatic carbocycles. The lowest BCUT2D eigenvalue weighted by Gasteiger charge is -2.10. The second-order valence-corrected chi connectivity index (χ2v) is 4.88. The van der Waals surface area contributed by atoms with Gasteiger partial charge >= 0.3 is 0 Å². The van der Waals surface area contributed by atoms with Crippen molar-refractivity contribution in [1.29, 1.82) is 0 Å². The first-order valence-corrected chi connectivity index (χ1v) is 6.00. The first kappa shape index (κ1) is 12.1. The van der Waals surface area contributed by atoms with Crippen LogP contribution in [0.15, 0.2) is 5.16 Å². The lowest BCUT2D eigenvalue weighted by Crippen LogP contribution is -2.21. The van der Waals surface area contributed by atoms with Crippen LogP contribution in [-0.2, 0) is 23.1 Å². The molecule has 1 heterocycles. The zero-order valence-corrected chi connectivity index (χ0v) is 9.82. The normalized spacial score (nSPS) is 12.3. The summed E-state index contributed by atoms with van der Waals surface area (Å²) in [5.74, 6) is 0.589. The van der Waals surface area contributed by atoms with Crippen LogP contribution in [0.5, 0.6) is 0 Å². The number of nitrogens with zero attached hydrogens (tertiary/aromatic N) is 4. The maximum Gasteiger partial charge on any atom is 0.273 e. The van der Waals surface area contributed by atoms with E-state index in [1.54, 1.807) is 0 Å². The Labute approximate surface area is 88.9 Å². The summed E-state index contributed by atoms with van der Waals surface area (Å²) in [6, 6.07) is 0. The topological polar surface area (TPSA) is 94.1 Å². The maximum absolute atomic E-state index is 11.2. The van der Waals surface area contributed by atoms with Crippen LogP contribution < -0.4 is 5.14 Å². The number of aromatic nitrogens is 3. The van der Waals surface area contributed by atoms with Crippen molar-refractivity contribution in [2.75, 3.05) is 14.1 Å². The Morgan fingerprint density at radius 3 is 2.40 bits per heavy atom. The number of sulfonamides is 1. The van der Waals surface area contributed by atoms with Crippen LogP contribution in [0.2, 0.25) is 0 Å². The van der Waals surface area contributed by atoms with Crippen LogP contribution in [0.25, 0.3) is 0 Å². The van der Waals surface area contributed by atoms with Crippen molar-refractivity contribution in [2.45, 2.75) is 25.2 Å². The number of primary sulfonamides is 1. The molecule has 0 unspecified atom stereocenters. The molecule has 0 spiro atoms. The standard InChI is InChI=1S/C7H15N5O2S/c1-4-12-6(5-11(2)3)9-10-7(12)15(8,13)14/h4-5H2,1-3H3,(H2,8,13,14). The van der Waals surface area contributed by atoms with E-state index in [1.807, 2.05) is 25.9 Å². The predicted molar refractivity (Wildman–Crippen MR) is 54.5 cm³/mol. The monoisotopic (exact) mass is 233 g/mol. The van der Waals surface area contributed by atoms with Crippen LogP contribution in [0.4, 0.5) is 0 Å². The molecule has 2 N–H and O–H groups in total. The molecule has 1 aromatic rings. The molecular formula is C7H15N5O2S. The van der Waals surface area contributed by atoms with Gasteiger partial charge in [0.1, 0.15) is 5.82 Å². The van der Waals surface area contributed by atoms with Crippen molar-refractivity contribution in [3.05, 3.63) is 5.82 Å². The average Bonchev–Trinajstić information content (AvgIpc) is 2.45. The van der Waals surface area contributed by atoms with E-state index in [1.165, 1.54) is 4.57 Å². The highest BCUT2D eigenvalue weighted by Gasteiger charge is 2.19. The lowest BCUT2D eigenvalue weighted by atomic mass is 10.5. The number of nitrogens with two attached hydrogens (primary N) is 1. The predicted octanol–water partition coefficient (Wildman–Crippen LogP) is -0.993. The van der Waals surface area contributed by atoms with E-state index in [2.05, 4.69) is 10.2 Å². The number of rotatable bonds is 4. The summed E-state index contributed by atoms with van der Waals surface area (Å²) in [6.07, 6.45) is 0. The molecule has 7 nitrogen and oxygen atoms in total.